The first-order chi connectivity index (χ1) is 9.52. The fourth-order valence-corrected chi connectivity index (χ4v) is 2.62. The van der Waals surface area contributed by atoms with Crippen molar-refractivity contribution in [3.8, 4) is 0 Å². The highest BCUT2D eigenvalue weighted by atomic mass is 16.4. The van der Waals surface area contributed by atoms with Gasteiger partial charge in [-0.3, -0.25) is 4.79 Å². The van der Waals surface area contributed by atoms with Gasteiger partial charge in [0.15, 0.2) is 0 Å². The number of rotatable bonds is 3. The average molecular weight is 276 g/mol. The van der Waals surface area contributed by atoms with E-state index >= 15 is 0 Å². The highest BCUT2D eigenvalue weighted by Gasteiger charge is 2.38. The van der Waals surface area contributed by atoms with Gasteiger partial charge in [-0.05, 0) is 37.5 Å². The number of benzene rings is 1. The summed E-state index contributed by atoms with van der Waals surface area (Å²) in [5.74, 6) is -1.30. The lowest BCUT2D eigenvalue weighted by atomic mass is 10.0. The number of hydrogen-bond acceptors (Lipinski definition) is 2. The molecule has 1 heterocycles. The van der Waals surface area contributed by atoms with Crippen LogP contribution in [-0.2, 0) is 11.2 Å². The molecular formula is C15H20N2O3. The molecule has 1 aliphatic heterocycles. The molecule has 0 radical (unpaired) electrons. The Hall–Kier alpha value is -2.04. The monoisotopic (exact) mass is 276 g/mol. The molecule has 2 unspecified atom stereocenters. The minimum absolute atomic E-state index is 0.227. The number of nitrogens with zero attached hydrogens (tertiary/aromatic N) is 1. The molecule has 1 aliphatic rings. The first kappa shape index (κ1) is 14.4. The van der Waals surface area contributed by atoms with Crippen LogP contribution in [0.25, 0.3) is 0 Å². The van der Waals surface area contributed by atoms with Crippen molar-refractivity contribution in [2.45, 2.75) is 32.7 Å². The van der Waals surface area contributed by atoms with Crippen LogP contribution in [0.5, 0.6) is 0 Å². The zero-order valence-electron chi connectivity index (χ0n) is 11.8. The Morgan fingerprint density at radius 3 is 2.80 bits per heavy atom. The number of carbonyl (C=O) groups excluding carboxylic acids is 1. The summed E-state index contributed by atoms with van der Waals surface area (Å²) >= 11 is 0. The number of carbonyl (C=O) groups is 2. The van der Waals surface area contributed by atoms with Gasteiger partial charge in [-0.15, -0.1) is 0 Å². The fourth-order valence-electron chi connectivity index (χ4n) is 2.62. The third-order valence-electron chi connectivity index (χ3n) is 3.92. The van der Waals surface area contributed by atoms with Crippen molar-refractivity contribution in [1.29, 1.82) is 0 Å². The Morgan fingerprint density at radius 1 is 1.45 bits per heavy atom. The van der Waals surface area contributed by atoms with Gasteiger partial charge in [0.05, 0.1) is 5.92 Å². The predicted molar refractivity (Wildman–Crippen MR) is 76.7 cm³/mol. The fraction of sp³-hybridized carbons (Fsp3) is 0.467. The van der Waals surface area contributed by atoms with Crippen LogP contribution < -0.4 is 5.32 Å². The summed E-state index contributed by atoms with van der Waals surface area (Å²) < 4.78 is 0. The first-order valence-corrected chi connectivity index (χ1v) is 6.92. The third kappa shape index (κ3) is 2.92. The molecule has 0 aromatic heterocycles. The number of aryl methyl sites for hydroxylation is 1. The van der Waals surface area contributed by atoms with E-state index in [1.54, 1.807) is 11.8 Å². The number of carboxylic acids is 1. The van der Waals surface area contributed by atoms with Gasteiger partial charge in [0.1, 0.15) is 0 Å². The number of likely N-dealkylation sites (tertiary alicyclic amines) is 1. The smallest absolute Gasteiger partial charge is 0.322 e. The van der Waals surface area contributed by atoms with Gasteiger partial charge in [0.2, 0.25) is 0 Å². The van der Waals surface area contributed by atoms with E-state index in [1.165, 1.54) is 0 Å². The quantitative estimate of drug-likeness (QED) is 0.891. The van der Waals surface area contributed by atoms with Gasteiger partial charge in [-0.25, -0.2) is 4.79 Å². The third-order valence-corrected chi connectivity index (χ3v) is 3.92. The second-order valence-corrected chi connectivity index (χ2v) is 5.15. The van der Waals surface area contributed by atoms with Gasteiger partial charge < -0.3 is 15.3 Å². The van der Waals surface area contributed by atoms with Crippen LogP contribution >= 0.6 is 0 Å². The zero-order chi connectivity index (χ0) is 14.7. The minimum atomic E-state index is -0.833. The number of carboxylic acid groups (broad SMARTS) is 1. The predicted octanol–water partition coefficient (Wildman–Crippen LogP) is 2.58. The summed E-state index contributed by atoms with van der Waals surface area (Å²) in [6.07, 6.45) is 1.42. The summed E-state index contributed by atoms with van der Waals surface area (Å²) in [6.45, 7) is 4.33. The molecule has 1 saturated heterocycles. The Labute approximate surface area is 118 Å². The summed E-state index contributed by atoms with van der Waals surface area (Å²) in [4.78, 5) is 24.9. The van der Waals surface area contributed by atoms with Gasteiger partial charge in [-0.1, -0.05) is 19.1 Å². The summed E-state index contributed by atoms with van der Waals surface area (Å²) in [6, 6.07) is 7.19. The molecule has 5 nitrogen and oxygen atoms in total. The molecule has 0 aliphatic carbocycles. The maximum absolute atomic E-state index is 12.2. The van der Waals surface area contributed by atoms with E-state index in [4.69, 9.17) is 5.11 Å². The summed E-state index contributed by atoms with van der Waals surface area (Å²) in [7, 11) is 0. The van der Waals surface area contributed by atoms with E-state index in [1.807, 2.05) is 24.3 Å². The van der Waals surface area contributed by atoms with Gasteiger partial charge in [0.25, 0.3) is 0 Å². The molecule has 108 valence electrons. The van der Waals surface area contributed by atoms with Crippen molar-refractivity contribution in [1.82, 2.24) is 4.90 Å². The summed E-state index contributed by atoms with van der Waals surface area (Å²) in [5, 5.41) is 11.9. The maximum atomic E-state index is 12.2. The molecule has 2 rings (SSSR count). The van der Waals surface area contributed by atoms with E-state index in [-0.39, 0.29) is 12.1 Å². The Morgan fingerprint density at radius 2 is 2.20 bits per heavy atom. The molecular weight excluding hydrogens is 256 g/mol. The minimum Gasteiger partial charge on any atom is -0.481 e. The van der Waals surface area contributed by atoms with E-state index in [0.29, 0.717) is 13.0 Å². The molecule has 2 amide bonds. The van der Waals surface area contributed by atoms with Crippen molar-refractivity contribution < 1.29 is 14.7 Å². The lowest BCUT2D eigenvalue weighted by Crippen LogP contribution is -2.40. The highest BCUT2D eigenvalue weighted by Crippen LogP contribution is 2.25. The van der Waals surface area contributed by atoms with Crippen molar-refractivity contribution in [3.63, 3.8) is 0 Å². The van der Waals surface area contributed by atoms with Crippen LogP contribution in [0.1, 0.15) is 25.8 Å². The Balaban J connectivity index is 2.03. The van der Waals surface area contributed by atoms with Crippen molar-refractivity contribution in [2.24, 2.45) is 5.92 Å². The van der Waals surface area contributed by atoms with Crippen LogP contribution in [0, 0.1) is 5.92 Å². The SMILES string of the molecule is CCc1cccc(NC(=O)N2CCC(C(=O)O)C2C)c1. The van der Waals surface area contributed by atoms with Crippen molar-refractivity contribution in [3.05, 3.63) is 29.8 Å². The second kappa shape index (κ2) is 5.94. The van der Waals surface area contributed by atoms with Crippen LogP contribution in [0.2, 0.25) is 0 Å². The lowest BCUT2D eigenvalue weighted by Gasteiger charge is -2.23. The molecule has 5 heteroatoms. The molecule has 0 spiro atoms. The number of aliphatic carboxylic acids is 1. The largest absolute Gasteiger partial charge is 0.481 e. The molecule has 2 atom stereocenters. The van der Waals surface area contributed by atoms with Crippen molar-refractivity contribution >= 4 is 17.7 Å². The van der Waals surface area contributed by atoms with Gasteiger partial charge in [0, 0.05) is 18.3 Å². The number of anilines is 1. The molecule has 0 saturated carbocycles. The normalized spacial score (nSPS) is 21.8. The number of nitrogens with one attached hydrogen (secondary N) is 1. The standard InChI is InChI=1S/C15H20N2O3/c1-3-11-5-4-6-12(9-11)16-15(20)17-8-7-13(10(17)2)14(18)19/h4-6,9-10,13H,3,7-8H2,1-2H3,(H,16,20)(H,18,19). The van der Waals surface area contributed by atoms with E-state index in [0.717, 1.165) is 17.7 Å². The Bertz CT molecular complexity index is 516. The van der Waals surface area contributed by atoms with Crippen LogP contribution in [0.3, 0.4) is 0 Å². The molecule has 1 aromatic carbocycles. The topological polar surface area (TPSA) is 69.6 Å². The van der Waals surface area contributed by atoms with Crippen LogP contribution in [0.4, 0.5) is 10.5 Å². The maximum Gasteiger partial charge on any atom is 0.322 e. The number of urea groups is 1. The second-order valence-electron chi connectivity index (χ2n) is 5.15. The van der Waals surface area contributed by atoms with Crippen molar-refractivity contribution in [2.75, 3.05) is 11.9 Å². The molecule has 1 fully saturated rings. The Kier molecular flexibility index (Phi) is 4.27. The summed E-state index contributed by atoms with van der Waals surface area (Å²) in [5.41, 5.74) is 1.90. The molecule has 0 bridgehead atoms. The van der Waals surface area contributed by atoms with E-state index in [9.17, 15) is 9.59 Å². The van der Waals surface area contributed by atoms with E-state index < -0.39 is 11.9 Å². The van der Waals surface area contributed by atoms with E-state index in [2.05, 4.69) is 12.2 Å². The molecule has 1 aromatic rings. The van der Waals surface area contributed by atoms with Crippen LogP contribution in [0.15, 0.2) is 24.3 Å². The van der Waals surface area contributed by atoms with Gasteiger partial charge in [-0.2, -0.15) is 0 Å². The average Bonchev–Trinajstić information content (AvgIpc) is 2.81. The zero-order valence-corrected chi connectivity index (χ0v) is 11.8. The molecule has 2 N–H and O–H groups in total. The number of amides is 2. The highest BCUT2D eigenvalue weighted by molar-refractivity contribution is 5.90. The number of hydrogen-bond donors (Lipinski definition) is 2. The van der Waals surface area contributed by atoms with Crippen LogP contribution in [-0.4, -0.2) is 34.6 Å². The lowest BCUT2D eigenvalue weighted by molar-refractivity contribution is -0.142. The van der Waals surface area contributed by atoms with Gasteiger partial charge >= 0.3 is 12.0 Å². The molecule has 20 heavy (non-hydrogen) atoms. The first-order valence-electron chi connectivity index (χ1n) is 6.92.